The molecule has 0 radical (unpaired) electrons. The zero-order chi connectivity index (χ0) is 19.1. The van der Waals surface area contributed by atoms with E-state index in [1.807, 2.05) is 13.8 Å². The number of hydrogen-bond acceptors (Lipinski definition) is 5. The van der Waals surface area contributed by atoms with Crippen molar-refractivity contribution >= 4 is 11.8 Å². The second-order valence-corrected chi connectivity index (χ2v) is 7.96. The molecule has 2 aliphatic carbocycles. The third-order valence-corrected chi connectivity index (χ3v) is 5.85. The Hall–Kier alpha value is -0.383. The van der Waals surface area contributed by atoms with Gasteiger partial charge in [0, 0.05) is 75.2 Å². The van der Waals surface area contributed by atoms with Crippen LogP contribution in [0.4, 0.5) is 0 Å². The van der Waals surface area contributed by atoms with Gasteiger partial charge in [-0.05, 0) is 38.8 Å². The molecule has 2 saturated carbocycles. The summed E-state index contributed by atoms with van der Waals surface area (Å²) >= 11 is 0. The van der Waals surface area contributed by atoms with Crippen LogP contribution in [0.3, 0.4) is 0 Å². The van der Waals surface area contributed by atoms with E-state index in [0.717, 1.165) is 25.7 Å². The molecule has 1 aromatic carbocycles. The fraction of sp³-hybridized carbons (Fsp3) is 0.636. The van der Waals surface area contributed by atoms with Crippen molar-refractivity contribution in [3.8, 4) is 0 Å². The SMILES string of the molecule is C.C.COC1(C)CC(N2C(=O)c3ccccc3C2=O)C1.COC1(C)CC(O)C1.[W].[W]. The molecule has 4 rings (SSSR count). The number of hydrogen-bond donors (Lipinski definition) is 1. The summed E-state index contributed by atoms with van der Waals surface area (Å²) in [6, 6.07) is 6.97. The van der Waals surface area contributed by atoms with Gasteiger partial charge in [-0.2, -0.15) is 0 Å². The Labute approximate surface area is 209 Å². The maximum absolute atomic E-state index is 12.2. The summed E-state index contributed by atoms with van der Waals surface area (Å²) in [5.41, 5.74) is 0.835. The first kappa shape index (κ1) is 31.8. The van der Waals surface area contributed by atoms with Gasteiger partial charge in [0.25, 0.3) is 11.8 Å². The number of aliphatic hydroxyl groups is 1. The smallest absolute Gasteiger partial charge is 0.261 e. The molecule has 170 valence electrons. The van der Waals surface area contributed by atoms with Crippen LogP contribution in [0.5, 0.6) is 0 Å². The average Bonchev–Trinajstić information content (AvgIpc) is 2.83. The summed E-state index contributed by atoms with van der Waals surface area (Å²) in [4.78, 5) is 25.8. The summed E-state index contributed by atoms with van der Waals surface area (Å²) < 4.78 is 10.4. The number of aliphatic hydroxyl groups excluding tert-OH is 1. The van der Waals surface area contributed by atoms with Crippen molar-refractivity contribution in [1.29, 1.82) is 0 Å². The fourth-order valence-electron chi connectivity index (χ4n) is 3.93. The average molecular weight is 761 g/mol. The number of carbonyl (C=O) groups excluding carboxylic acids is 2. The number of benzene rings is 1. The molecule has 1 aliphatic heterocycles. The van der Waals surface area contributed by atoms with Crippen molar-refractivity contribution < 1.29 is 66.3 Å². The third-order valence-electron chi connectivity index (χ3n) is 5.85. The van der Waals surface area contributed by atoms with Crippen LogP contribution in [0.25, 0.3) is 0 Å². The Kier molecular flexibility index (Phi) is 12.7. The molecule has 6 nitrogen and oxygen atoms in total. The summed E-state index contributed by atoms with van der Waals surface area (Å²) in [7, 11) is 3.35. The number of imide groups is 1. The van der Waals surface area contributed by atoms with Crippen molar-refractivity contribution in [2.75, 3.05) is 14.2 Å². The van der Waals surface area contributed by atoms with Crippen LogP contribution in [0.15, 0.2) is 24.3 Å². The van der Waals surface area contributed by atoms with Crippen molar-refractivity contribution in [1.82, 2.24) is 4.90 Å². The van der Waals surface area contributed by atoms with Crippen LogP contribution in [0.2, 0.25) is 0 Å². The molecule has 2 amide bonds. The van der Waals surface area contributed by atoms with E-state index in [1.165, 1.54) is 4.90 Å². The normalized spacial score (nSPS) is 30.5. The molecule has 30 heavy (non-hydrogen) atoms. The van der Waals surface area contributed by atoms with E-state index in [9.17, 15) is 9.59 Å². The van der Waals surface area contributed by atoms with Gasteiger partial charge in [-0.25, -0.2) is 0 Å². The van der Waals surface area contributed by atoms with Crippen LogP contribution in [-0.2, 0) is 51.6 Å². The molecule has 0 atom stereocenters. The van der Waals surface area contributed by atoms with Crippen LogP contribution >= 0.6 is 0 Å². The molecule has 8 heteroatoms. The van der Waals surface area contributed by atoms with Gasteiger partial charge in [0.05, 0.1) is 28.4 Å². The van der Waals surface area contributed by atoms with E-state index in [2.05, 4.69) is 0 Å². The van der Waals surface area contributed by atoms with E-state index in [0.29, 0.717) is 11.1 Å². The molecule has 0 bridgehead atoms. The molecule has 0 aromatic heterocycles. The Morgan fingerprint density at radius 2 is 1.23 bits per heavy atom. The van der Waals surface area contributed by atoms with E-state index in [-0.39, 0.29) is 92.1 Å². The van der Waals surface area contributed by atoms with Gasteiger partial charge < -0.3 is 14.6 Å². The number of fused-ring (bicyclic) bond motifs is 1. The van der Waals surface area contributed by atoms with Crippen LogP contribution in [-0.4, -0.2) is 59.4 Å². The van der Waals surface area contributed by atoms with E-state index < -0.39 is 0 Å². The third kappa shape index (κ3) is 6.10. The van der Waals surface area contributed by atoms with Gasteiger partial charge in [0.1, 0.15) is 0 Å². The molecule has 1 aromatic rings. The number of amides is 2. The van der Waals surface area contributed by atoms with Crippen molar-refractivity contribution in [2.24, 2.45) is 0 Å². The Bertz CT molecular complexity index is 680. The first-order valence-electron chi connectivity index (χ1n) is 8.97. The van der Waals surface area contributed by atoms with Crippen LogP contribution < -0.4 is 0 Å². The molecule has 1 N–H and O–H groups in total. The van der Waals surface area contributed by atoms with Gasteiger partial charge in [0.15, 0.2) is 0 Å². The largest absolute Gasteiger partial charge is 0.393 e. The summed E-state index contributed by atoms with van der Waals surface area (Å²) in [5, 5.41) is 8.83. The standard InChI is InChI=1S/C14H15NO3.C6H12O2.2CH4.2W/c1-14(18-2)7-9(8-14)15-12(16)10-5-3-4-6-11(10)13(15)17;1-6(8-2)3-5(7)4-6;;;;/h3-6,9H,7-8H2,1-2H3;5,7H,3-4H2,1-2H3;2*1H4;;. The summed E-state index contributed by atoms with van der Waals surface area (Å²) in [6.45, 7) is 4.02. The number of rotatable bonds is 3. The van der Waals surface area contributed by atoms with Crippen molar-refractivity contribution in [3.63, 3.8) is 0 Å². The van der Waals surface area contributed by atoms with Gasteiger partial charge in [-0.1, -0.05) is 27.0 Å². The Balaban J connectivity index is 0. The minimum Gasteiger partial charge on any atom is -0.393 e. The number of ether oxygens (including phenoxy) is 2. The first-order valence-corrected chi connectivity index (χ1v) is 8.97. The maximum atomic E-state index is 12.2. The second-order valence-electron chi connectivity index (χ2n) is 7.96. The summed E-state index contributed by atoms with van der Waals surface area (Å²) in [5.74, 6) is -0.336. The predicted octanol–water partition coefficient (Wildman–Crippen LogP) is 3.66. The number of methoxy groups -OCH3 is 2. The van der Waals surface area contributed by atoms with Crippen molar-refractivity contribution in [2.45, 2.75) is 77.7 Å². The van der Waals surface area contributed by atoms with E-state index >= 15 is 0 Å². The van der Waals surface area contributed by atoms with Gasteiger partial charge in [-0.15, -0.1) is 0 Å². The first-order chi connectivity index (χ1) is 12.2. The number of nitrogens with zero attached hydrogens (tertiary/aromatic N) is 1. The van der Waals surface area contributed by atoms with E-state index in [4.69, 9.17) is 14.6 Å². The summed E-state index contributed by atoms with van der Waals surface area (Å²) in [6.07, 6.45) is 2.91. The fourth-order valence-corrected chi connectivity index (χ4v) is 3.93. The van der Waals surface area contributed by atoms with Crippen LogP contribution in [0, 0.1) is 0 Å². The maximum Gasteiger partial charge on any atom is 0.261 e. The molecule has 0 spiro atoms. The molecule has 3 aliphatic rings. The quantitative estimate of drug-likeness (QED) is 0.477. The Morgan fingerprint density at radius 1 is 0.867 bits per heavy atom. The molecule has 1 heterocycles. The van der Waals surface area contributed by atoms with Crippen LogP contribution in [0.1, 0.15) is 75.1 Å². The molecule has 0 unspecified atom stereocenters. The van der Waals surface area contributed by atoms with Gasteiger partial charge in [0.2, 0.25) is 0 Å². The second kappa shape index (κ2) is 12.0. The molecule has 2 fully saturated rings. The number of carbonyl (C=O) groups is 2. The van der Waals surface area contributed by atoms with Crippen molar-refractivity contribution in [3.05, 3.63) is 35.4 Å². The Morgan fingerprint density at radius 3 is 1.53 bits per heavy atom. The zero-order valence-electron chi connectivity index (χ0n) is 16.6. The van der Waals surface area contributed by atoms with Gasteiger partial charge in [-0.3, -0.25) is 14.5 Å². The van der Waals surface area contributed by atoms with Gasteiger partial charge >= 0.3 is 0 Å². The zero-order valence-corrected chi connectivity index (χ0v) is 22.5. The van der Waals surface area contributed by atoms with E-state index in [1.54, 1.807) is 38.5 Å². The topological polar surface area (TPSA) is 76.1 Å². The molecule has 0 saturated heterocycles. The minimum atomic E-state index is -0.194. The minimum absolute atomic E-state index is 0. The molecular formula is C22H35NO5W2. The predicted molar refractivity (Wildman–Crippen MR) is 109 cm³/mol. The monoisotopic (exact) mass is 761 g/mol. The molecular weight excluding hydrogens is 726 g/mol.